The number of carbonyl (C=O) groups excluding carboxylic acids is 1. The average Bonchev–Trinajstić information content (AvgIpc) is 2.96. The minimum absolute atomic E-state index is 0.461. The number of hydrogen-bond acceptors (Lipinski definition) is 3. The highest BCUT2D eigenvalue weighted by Crippen LogP contribution is 2.27. The van der Waals surface area contributed by atoms with E-state index in [1.807, 2.05) is 0 Å². The first-order valence-electron chi connectivity index (χ1n) is 7.35. The van der Waals surface area contributed by atoms with E-state index in [1.165, 1.54) is 11.1 Å². The lowest BCUT2D eigenvalue weighted by Gasteiger charge is -2.03. The van der Waals surface area contributed by atoms with Crippen LogP contribution in [0.3, 0.4) is 0 Å². The Morgan fingerprint density at radius 1 is 1.09 bits per heavy atom. The summed E-state index contributed by atoms with van der Waals surface area (Å²) in [7, 11) is 0. The second-order valence-corrected chi connectivity index (χ2v) is 5.51. The maximum Gasteiger partial charge on any atom is 0.252 e. The summed E-state index contributed by atoms with van der Waals surface area (Å²) in [6, 6.07) is 11.1. The van der Waals surface area contributed by atoms with Crippen molar-refractivity contribution >= 4 is 27.9 Å². The van der Waals surface area contributed by atoms with Crippen LogP contribution in [0.2, 0.25) is 0 Å². The van der Waals surface area contributed by atoms with E-state index < -0.39 is 5.24 Å². The molecule has 0 radical (unpaired) electrons. The quantitative estimate of drug-likeness (QED) is 0.637. The van der Waals surface area contributed by atoms with Crippen LogP contribution in [0, 0.1) is 0 Å². The van der Waals surface area contributed by atoms with Gasteiger partial charge >= 0.3 is 0 Å². The lowest BCUT2D eigenvalue weighted by Crippen LogP contribution is -1.90. The van der Waals surface area contributed by atoms with Crippen LogP contribution in [0.1, 0.15) is 35.3 Å². The lowest BCUT2D eigenvalue weighted by atomic mass is 10.0. The molecule has 0 N–H and O–H groups in total. The van der Waals surface area contributed by atoms with Gasteiger partial charge in [0.15, 0.2) is 5.58 Å². The van der Waals surface area contributed by atoms with E-state index in [9.17, 15) is 4.79 Å². The summed E-state index contributed by atoms with van der Waals surface area (Å²) in [5.74, 6) is 0.555. The fourth-order valence-electron chi connectivity index (χ4n) is 2.58. The van der Waals surface area contributed by atoms with Gasteiger partial charge < -0.3 is 4.42 Å². The van der Waals surface area contributed by atoms with E-state index in [2.05, 4.69) is 31.0 Å². The van der Waals surface area contributed by atoms with Crippen LogP contribution >= 0.6 is 11.6 Å². The molecule has 112 valence electrons. The van der Waals surface area contributed by atoms with Crippen molar-refractivity contribution in [2.24, 2.45) is 0 Å². The van der Waals surface area contributed by atoms with Gasteiger partial charge in [-0.05, 0) is 72.0 Å². The molecule has 0 atom stereocenters. The van der Waals surface area contributed by atoms with Gasteiger partial charge in [0.1, 0.15) is 5.52 Å². The van der Waals surface area contributed by atoms with Gasteiger partial charge in [0.05, 0.1) is 0 Å². The van der Waals surface area contributed by atoms with Crippen LogP contribution in [0.25, 0.3) is 22.6 Å². The van der Waals surface area contributed by atoms with Crippen molar-refractivity contribution in [1.82, 2.24) is 4.98 Å². The molecule has 0 saturated heterocycles. The number of oxazole rings is 1. The summed E-state index contributed by atoms with van der Waals surface area (Å²) in [5.41, 5.74) is 5.54. The summed E-state index contributed by atoms with van der Waals surface area (Å²) in [4.78, 5) is 15.7. The van der Waals surface area contributed by atoms with Crippen molar-refractivity contribution in [3.63, 3.8) is 0 Å². The molecule has 3 rings (SSSR count). The molecule has 4 heteroatoms. The van der Waals surface area contributed by atoms with Crippen molar-refractivity contribution in [2.75, 3.05) is 0 Å². The van der Waals surface area contributed by atoms with Crippen LogP contribution in [0.4, 0.5) is 0 Å². The van der Waals surface area contributed by atoms with Crippen LogP contribution in [0.5, 0.6) is 0 Å². The molecule has 0 aliphatic heterocycles. The lowest BCUT2D eigenvalue weighted by molar-refractivity contribution is 0.108. The Morgan fingerprint density at radius 3 is 2.32 bits per heavy atom. The van der Waals surface area contributed by atoms with Gasteiger partial charge in [0, 0.05) is 11.1 Å². The molecule has 0 aliphatic rings. The number of aryl methyl sites for hydroxylation is 2. The molecule has 1 heterocycles. The number of carbonyl (C=O) groups is 1. The molecular weight excluding hydrogens is 298 g/mol. The molecule has 0 unspecified atom stereocenters. The number of halogens is 1. The van der Waals surface area contributed by atoms with Gasteiger partial charge in [-0.3, -0.25) is 4.79 Å². The summed E-state index contributed by atoms with van der Waals surface area (Å²) in [5, 5.41) is -0.468. The summed E-state index contributed by atoms with van der Waals surface area (Å²) >= 11 is 5.45. The molecule has 0 spiro atoms. The van der Waals surface area contributed by atoms with Crippen LogP contribution in [0.15, 0.2) is 40.8 Å². The summed E-state index contributed by atoms with van der Waals surface area (Å²) < 4.78 is 5.87. The van der Waals surface area contributed by atoms with Crippen LogP contribution < -0.4 is 0 Å². The van der Waals surface area contributed by atoms with E-state index in [1.54, 1.807) is 24.3 Å². The predicted octanol–water partition coefficient (Wildman–Crippen LogP) is 5.00. The first-order chi connectivity index (χ1) is 10.6. The first-order valence-corrected chi connectivity index (χ1v) is 7.72. The zero-order chi connectivity index (χ0) is 15.7. The molecule has 3 aromatic rings. The summed E-state index contributed by atoms with van der Waals surface area (Å²) in [6.45, 7) is 4.28. The number of nitrogens with zero attached hydrogens (tertiary/aromatic N) is 1. The third kappa shape index (κ3) is 2.64. The number of aromatic nitrogens is 1. The highest BCUT2D eigenvalue weighted by Gasteiger charge is 2.11. The van der Waals surface area contributed by atoms with E-state index in [0.717, 1.165) is 29.5 Å². The normalized spacial score (nSPS) is 11.0. The van der Waals surface area contributed by atoms with Crippen molar-refractivity contribution in [3.8, 4) is 11.5 Å². The van der Waals surface area contributed by atoms with Gasteiger partial charge in [-0.15, -0.1) is 0 Å². The Morgan fingerprint density at radius 2 is 1.73 bits per heavy atom. The second-order valence-electron chi connectivity index (χ2n) is 5.17. The zero-order valence-corrected chi connectivity index (χ0v) is 13.3. The molecule has 0 fully saturated rings. The Balaban J connectivity index is 2.06. The van der Waals surface area contributed by atoms with Gasteiger partial charge in [-0.2, -0.15) is 0 Å². The third-order valence-electron chi connectivity index (χ3n) is 3.83. The van der Waals surface area contributed by atoms with Gasteiger partial charge in [-0.25, -0.2) is 4.98 Å². The Labute approximate surface area is 133 Å². The zero-order valence-electron chi connectivity index (χ0n) is 12.5. The highest BCUT2D eigenvalue weighted by atomic mass is 35.5. The summed E-state index contributed by atoms with van der Waals surface area (Å²) in [6.07, 6.45) is 1.95. The molecule has 0 aliphatic carbocycles. The average molecular weight is 314 g/mol. The molecule has 0 bridgehead atoms. The number of fused-ring (bicyclic) bond motifs is 1. The molecule has 2 aromatic carbocycles. The largest absolute Gasteiger partial charge is 0.436 e. The standard InChI is InChI=1S/C18H16ClNO2/c1-3-11-9-15-16(10-12(11)4-2)22-18(20-15)14-7-5-13(6-8-14)17(19)21/h5-10H,3-4H2,1-2H3. The molecule has 22 heavy (non-hydrogen) atoms. The SMILES string of the molecule is CCc1cc2nc(-c3ccc(C(=O)Cl)cc3)oc2cc1CC. The number of rotatable bonds is 4. The highest BCUT2D eigenvalue weighted by molar-refractivity contribution is 6.67. The number of hydrogen-bond donors (Lipinski definition) is 0. The first kappa shape index (κ1) is 14.8. The molecular formula is C18H16ClNO2. The maximum absolute atomic E-state index is 11.1. The van der Waals surface area contributed by atoms with E-state index in [-0.39, 0.29) is 0 Å². The minimum atomic E-state index is -0.468. The van der Waals surface area contributed by atoms with Gasteiger partial charge in [0.25, 0.3) is 5.24 Å². The molecule has 0 saturated carbocycles. The van der Waals surface area contributed by atoms with Crippen molar-refractivity contribution in [1.29, 1.82) is 0 Å². The van der Waals surface area contributed by atoms with Gasteiger partial charge in [-0.1, -0.05) is 13.8 Å². The van der Waals surface area contributed by atoms with Crippen LogP contribution in [-0.2, 0) is 12.8 Å². The van der Waals surface area contributed by atoms with Crippen molar-refractivity contribution in [3.05, 3.63) is 53.1 Å². The van der Waals surface area contributed by atoms with E-state index >= 15 is 0 Å². The van der Waals surface area contributed by atoms with Crippen molar-refractivity contribution < 1.29 is 9.21 Å². The molecule has 0 amide bonds. The Hall–Kier alpha value is -2.13. The Bertz CT molecular complexity index is 793. The minimum Gasteiger partial charge on any atom is -0.436 e. The van der Waals surface area contributed by atoms with E-state index in [0.29, 0.717) is 11.5 Å². The second kappa shape index (κ2) is 5.93. The number of benzene rings is 2. The van der Waals surface area contributed by atoms with Crippen LogP contribution in [-0.4, -0.2) is 10.2 Å². The van der Waals surface area contributed by atoms with E-state index in [4.69, 9.17) is 16.0 Å². The van der Waals surface area contributed by atoms with Crippen molar-refractivity contribution in [2.45, 2.75) is 26.7 Å². The van der Waals surface area contributed by atoms with Gasteiger partial charge in [0.2, 0.25) is 5.89 Å². The maximum atomic E-state index is 11.1. The monoisotopic (exact) mass is 313 g/mol. The molecule has 1 aromatic heterocycles. The third-order valence-corrected chi connectivity index (χ3v) is 4.05. The molecule has 3 nitrogen and oxygen atoms in total. The smallest absolute Gasteiger partial charge is 0.252 e. The fourth-order valence-corrected chi connectivity index (χ4v) is 2.71. The predicted molar refractivity (Wildman–Crippen MR) is 88.4 cm³/mol. The Kier molecular flexibility index (Phi) is 3.99. The fraction of sp³-hybridized carbons (Fsp3) is 0.222. The topological polar surface area (TPSA) is 43.1 Å².